The number of hydrogen-bond acceptors (Lipinski definition) is 3. The van der Waals surface area contributed by atoms with E-state index in [1.165, 1.54) is 16.9 Å². The van der Waals surface area contributed by atoms with Crippen molar-refractivity contribution in [1.82, 2.24) is 0 Å². The maximum absolute atomic E-state index is 11.8. The molecule has 0 aliphatic heterocycles. The molecule has 108 valence electrons. The van der Waals surface area contributed by atoms with E-state index in [4.69, 9.17) is 11.5 Å². The normalized spacial score (nSPS) is 12.4. The Morgan fingerprint density at radius 2 is 2.00 bits per heavy atom. The van der Waals surface area contributed by atoms with Gasteiger partial charge in [0, 0.05) is 4.88 Å². The molecular formula is C15H15N3O2S. The van der Waals surface area contributed by atoms with Gasteiger partial charge >= 0.3 is 6.03 Å². The van der Waals surface area contributed by atoms with Crippen molar-refractivity contribution in [2.75, 3.05) is 5.32 Å². The van der Waals surface area contributed by atoms with Gasteiger partial charge in [0.05, 0.1) is 5.56 Å². The number of amides is 3. The van der Waals surface area contributed by atoms with Crippen LogP contribution in [0.5, 0.6) is 0 Å². The number of fused-ring (bicyclic) bond motifs is 3. The van der Waals surface area contributed by atoms with Gasteiger partial charge in [-0.3, -0.25) is 10.1 Å². The molecule has 1 aliphatic carbocycles. The first-order valence-electron chi connectivity index (χ1n) is 6.59. The Balaban J connectivity index is 2.23. The summed E-state index contributed by atoms with van der Waals surface area (Å²) in [5, 5.41) is 2.95. The summed E-state index contributed by atoms with van der Waals surface area (Å²) < 4.78 is 0. The van der Waals surface area contributed by atoms with Gasteiger partial charge in [0.15, 0.2) is 0 Å². The molecule has 6 heteroatoms. The van der Waals surface area contributed by atoms with E-state index < -0.39 is 11.9 Å². The second kappa shape index (κ2) is 4.89. The lowest BCUT2D eigenvalue weighted by atomic mass is 9.88. The number of rotatable bonds is 2. The molecule has 1 aromatic heterocycles. The third-order valence-corrected chi connectivity index (χ3v) is 4.83. The summed E-state index contributed by atoms with van der Waals surface area (Å²) >= 11 is 1.36. The molecule has 0 unspecified atom stereocenters. The van der Waals surface area contributed by atoms with Crippen molar-refractivity contribution in [3.63, 3.8) is 0 Å². The van der Waals surface area contributed by atoms with Gasteiger partial charge < -0.3 is 11.5 Å². The van der Waals surface area contributed by atoms with E-state index in [9.17, 15) is 9.59 Å². The van der Waals surface area contributed by atoms with Crippen molar-refractivity contribution < 1.29 is 9.59 Å². The lowest BCUT2D eigenvalue weighted by molar-refractivity contribution is 0.100. The standard InChI is InChI=1S/C15H15N3O2S/c1-7-2-3-8-4-5-9-11(13(16)19)14(18-15(17)20)21-12(9)10(8)6-7/h2-3,6H,4-5H2,1H3,(H2,16,19)(H3,17,18,20). The molecule has 5 N–H and O–H groups in total. The smallest absolute Gasteiger partial charge is 0.317 e. The fraction of sp³-hybridized carbons (Fsp3) is 0.200. The van der Waals surface area contributed by atoms with Crippen molar-refractivity contribution in [3.05, 3.63) is 40.5 Å². The fourth-order valence-corrected chi connectivity index (χ4v) is 4.07. The highest BCUT2D eigenvalue weighted by atomic mass is 32.1. The second-order valence-electron chi connectivity index (χ2n) is 5.13. The average molecular weight is 301 g/mol. The largest absolute Gasteiger partial charge is 0.365 e. The van der Waals surface area contributed by atoms with E-state index in [0.717, 1.165) is 34.4 Å². The van der Waals surface area contributed by atoms with Gasteiger partial charge in [-0.2, -0.15) is 0 Å². The maximum Gasteiger partial charge on any atom is 0.317 e. The lowest BCUT2D eigenvalue weighted by Crippen LogP contribution is -2.22. The summed E-state index contributed by atoms with van der Waals surface area (Å²) in [5.74, 6) is -0.535. The minimum atomic E-state index is -0.694. The van der Waals surface area contributed by atoms with Gasteiger partial charge in [0.2, 0.25) is 0 Å². The van der Waals surface area contributed by atoms with Crippen LogP contribution in [0.15, 0.2) is 18.2 Å². The molecule has 0 spiro atoms. The summed E-state index contributed by atoms with van der Waals surface area (Å²) in [6, 6.07) is 5.59. The molecule has 0 saturated heterocycles. The number of nitrogens with one attached hydrogen (secondary N) is 1. The van der Waals surface area contributed by atoms with Gasteiger partial charge in [-0.1, -0.05) is 23.8 Å². The molecule has 3 amide bonds. The number of carbonyl (C=O) groups excluding carboxylic acids is 2. The number of nitrogens with two attached hydrogens (primary N) is 2. The van der Waals surface area contributed by atoms with Gasteiger partial charge in [0.1, 0.15) is 5.00 Å². The molecule has 21 heavy (non-hydrogen) atoms. The first-order valence-corrected chi connectivity index (χ1v) is 7.41. The molecule has 1 aromatic carbocycles. The van der Waals surface area contributed by atoms with E-state index in [0.29, 0.717) is 10.6 Å². The number of carbonyl (C=O) groups is 2. The van der Waals surface area contributed by atoms with Crippen molar-refractivity contribution in [2.24, 2.45) is 11.5 Å². The van der Waals surface area contributed by atoms with Crippen molar-refractivity contribution >= 4 is 28.3 Å². The Bertz CT molecular complexity index is 765. The van der Waals surface area contributed by atoms with Crippen LogP contribution in [0, 0.1) is 6.92 Å². The predicted octanol–water partition coefficient (Wildman–Crippen LogP) is 2.41. The highest BCUT2D eigenvalue weighted by molar-refractivity contribution is 7.20. The molecule has 0 radical (unpaired) electrons. The summed E-state index contributed by atoms with van der Waals surface area (Å²) in [5.41, 5.74) is 15.5. The summed E-state index contributed by atoms with van der Waals surface area (Å²) in [4.78, 5) is 23.9. The SMILES string of the molecule is Cc1ccc2c(c1)-c1sc(NC(N)=O)c(C(N)=O)c1CC2. The van der Waals surface area contributed by atoms with Crippen LogP contribution in [0.4, 0.5) is 9.80 Å². The molecule has 2 aromatic rings. The first-order chi connectivity index (χ1) is 9.97. The van der Waals surface area contributed by atoms with Crippen LogP contribution in [0.25, 0.3) is 10.4 Å². The van der Waals surface area contributed by atoms with Crippen molar-refractivity contribution in [2.45, 2.75) is 19.8 Å². The van der Waals surface area contributed by atoms with Gasteiger partial charge in [0.25, 0.3) is 5.91 Å². The average Bonchev–Trinajstić information content (AvgIpc) is 2.76. The van der Waals surface area contributed by atoms with E-state index in [-0.39, 0.29) is 0 Å². The Morgan fingerprint density at radius 3 is 2.67 bits per heavy atom. The summed E-state index contributed by atoms with van der Waals surface area (Å²) in [7, 11) is 0. The monoisotopic (exact) mass is 301 g/mol. The second-order valence-corrected chi connectivity index (χ2v) is 6.15. The quantitative estimate of drug-likeness (QED) is 0.793. The summed E-state index contributed by atoms with van der Waals surface area (Å²) in [6.45, 7) is 2.03. The van der Waals surface area contributed by atoms with Gasteiger partial charge in [-0.05, 0) is 36.5 Å². The third kappa shape index (κ3) is 2.27. The number of benzene rings is 1. The first kappa shape index (κ1) is 13.6. The van der Waals surface area contributed by atoms with E-state index in [1.54, 1.807) is 0 Å². The number of aryl methyl sites for hydroxylation is 2. The number of anilines is 1. The topological polar surface area (TPSA) is 98.2 Å². The number of hydrogen-bond donors (Lipinski definition) is 3. The Kier molecular flexibility index (Phi) is 3.17. The van der Waals surface area contributed by atoms with Crippen LogP contribution in [0.3, 0.4) is 0 Å². The highest BCUT2D eigenvalue weighted by Gasteiger charge is 2.27. The third-order valence-electron chi connectivity index (χ3n) is 3.64. The van der Waals surface area contributed by atoms with Crippen LogP contribution < -0.4 is 16.8 Å². The molecule has 0 bridgehead atoms. The van der Waals surface area contributed by atoms with Crippen LogP contribution in [-0.4, -0.2) is 11.9 Å². The minimum Gasteiger partial charge on any atom is -0.365 e. The zero-order valence-corrected chi connectivity index (χ0v) is 12.3. The van der Waals surface area contributed by atoms with Crippen molar-refractivity contribution in [3.8, 4) is 10.4 Å². The minimum absolute atomic E-state index is 0.390. The maximum atomic E-state index is 11.8. The molecule has 0 atom stereocenters. The van der Waals surface area contributed by atoms with Crippen LogP contribution >= 0.6 is 11.3 Å². The number of primary amides is 2. The fourth-order valence-electron chi connectivity index (χ4n) is 2.76. The van der Waals surface area contributed by atoms with Crippen LogP contribution in [-0.2, 0) is 12.8 Å². The molecule has 0 fully saturated rings. The van der Waals surface area contributed by atoms with E-state index in [2.05, 4.69) is 23.5 Å². The van der Waals surface area contributed by atoms with Gasteiger partial charge in [-0.25, -0.2) is 4.79 Å². The molecule has 1 heterocycles. The molecule has 0 saturated carbocycles. The van der Waals surface area contributed by atoms with Crippen LogP contribution in [0.1, 0.15) is 27.0 Å². The summed E-state index contributed by atoms with van der Waals surface area (Å²) in [6.07, 6.45) is 1.59. The Morgan fingerprint density at radius 1 is 1.24 bits per heavy atom. The zero-order chi connectivity index (χ0) is 15.1. The lowest BCUT2D eigenvalue weighted by Gasteiger charge is -2.17. The predicted molar refractivity (Wildman–Crippen MR) is 83.6 cm³/mol. The highest BCUT2D eigenvalue weighted by Crippen LogP contribution is 2.45. The molecule has 1 aliphatic rings. The van der Waals surface area contributed by atoms with Crippen LogP contribution in [0.2, 0.25) is 0 Å². The molecular weight excluding hydrogens is 286 g/mol. The van der Waals surface area contributed by atoms with Gasteiger partial charge in [-0.15, -0.1) is 11.3 Å². The Hall–Kier alpha value is -2.34. The number of urea groups is 1. The van der Waals surface area contributed by atoms with Crippen molar-refractivity contribution in [1.29, 1.82) is 0 Å². The van der Waals surface area contributed by atoms with E-state index >= 15 is 0 Å². The molecule has 3 rings (SSSR count). The van der Waals surface area contributed by atoms with E-state index in [1.807, 2.05) is 6.92 Å². The number of thiophene rings is 1. The Labute approximate surface area is 126 Å². The molecule has 5 nitrogen and oxygen atoms in total. The zero-order valence-electron chi connectivity index (χ0n) is 11.5.